The Labute approximate surface area is 158 Å². The summed E-state index contributed by atoms with van der Waals surface area (Å²) in [6.45, 7) is 9.86. The molecule has 2 rings (SSSR count). The van der Waals surface area contributed by atoms with Crippen LogP contribution in [0.25, 0.3) is 0 Å². The van der Waals surface area contributed by atoms with E-state index in [1.165, 1.54) is 0 Å². The molecule has 0 aromatic heterocycles. The van der Waals surface area contributed by atoms with Crippen LogP contribution in [0.4, 0.5) is 0 Å². The van der Waals surface area contributed by atoms with Crippen LogP contribution in [-0.2, 0) is 0 Å². The van der Waals surface area contributed by atoms with Gasteiger partial charge in [0.05, 0.1) is 13.7 Å². The fraction of sp³-hybridized carbons (Fsp3) is 0.667. The van der Waals surface area contributed by atoms with Crippen LogP contribution >= 0.6 is 0 Å². The second kappa shape index (κ2) is 10.4. The summed E-state index contributed by atoms with van der Waals surface area (Å²) in [5.41, 5.74) is 0.671. The predicted molar refractivity (Wildman–Crippen MR) is 105 cm³/mol. The molecule has 0 bridgehead atoms. The number of carbonyl (C=O) groups is 1. The molecule has 0 spiro atoms. The Balaban J connectivity index is 2.13. The number of hydrogen-bond acceptors (Lipinski definition) is 4. The summed E-state index contributed by atoms with van der Waals surface area (Å²) >= 11 is 0. The smallest absolute Gasteiger partial charge is 0.254 e. The Morgan fingerprint density at radius 1 is 1.27 bits per heavy atom. The van der Waals surface area contributed by atoms with Gasteiger partial charge in [-0.05, 0) is 62.9 Å². The molecule has 1 aromatic rings. The molecule has 1 fully saturated rings. The van der Waals surface area contributed by atoms with E-state index in [0.717, 1.165) is 45.3 Å². The molecule has 5 heteroatoms. The maximum Gasteiger partial charge on any atom is 0.254 e. The minimum absolute atomic E-state index is 0.0887. The van der Waals surface area contributed by atoms with Crippen molar-refractivity contribution in [1.82, 2.24) is 10.2 Å². The second-order valence-corrected chi connectivity index (χ2v) is 7.38. The van der Waals surface area contributed by atoms with Gasteiger partial charge in [-0.1, -0.05) is 20.8 Å². The summed E-state index contributed by atoms with van der Waals surface area (Å²) < 4.78 is 11.3. The van der Waals surface area contributed by atoms with Gasteiger partial charge in [0.1, 0.15) is 0 Å². The van der Waals surface area contributed by atoms with Crippen molar-refractivity contribution in [2.45, 2.75) is 52.5 Å². The van der Waals surface area contributed by atoms with E-state index in [2.05, 4.69) is 26.1 Å². The van der Waals surface area contributed by atoms with Gasteiger partial charge in [-0.15, -0.1) is 0 Å². The van der Waals surface area contributed by atoms with Crippen LogP contribution in [0, 0.1) is 5.92 Å². The fourth-order valence-electron chi connectivity index (χ4n) is 3.30. The zero-order chi connectivity index (χ0) is 18.9. The van der Waals surface area contributed by atoms with Gasteiger partial charge in [-0.2, -0.15) is 0 Å². The molecule has 1 N–H and O–H groups in total. The van der Waals surface area contributed by atoms with Crippen LogP contribution in [0.5, 0.6) is 11.5 Å². The van der Waals surface area contributed by atoms with Crippen molar-refractivity contribution in [2.24, 2.45) is 5.92 Å². The van der Waals surface area contributed by atoms with Crippen molar-refractivity contribution >= 4 is 5.91 Å². The summed E-state index contributed by atoms with van der Waals surface area (Å²) in [6.07, 6.45) is 3.98. The minimum atomic E-state index is 0.0887. The van der Waals surface area contributed by atoms with Crippen LogP contribution in [0.15, 0.2) is 18.2 Å². The lowest BCUT2D eigenvalue weighted by molar-refractivity contribution is 0.0642. The van der Waals surface area contributed by atoms with E-state index in [1.54, 1.807) is 7.11 Å². The molecule has 1 aromatic carbocycles. The highest BCUT2D eigenvalue weighted by atomic mass is 16.5. The minimum Gasteiger partial charge on any atom is -0.493 e. The third kappa shape index (κ3) is 5.63. The third-order valence-corrected chi connectivity index (χ3v) is 4.84. The van der Waals surface area contributed by atoms with Crippen LogP contribution in [0.1, 0.15) is 56.8 Å². The maximum absolute atomic E-state index is 13.1. The molecule has 5 nitrogen and oxygen atoms in total. The van der Waals surface area contributed by atoms with Gasteiger partial charge in [0, 0.05) is 18.2 Å². The number of carbonyl (C=O) groups excluding carboxylic acids is 1. The molecule has 1 heterocycles. The molecule has 1 aliphatic heterocycles. The molecule has 1 aliphatic rings. The molecule has 1 amide bonds. The maximum atomic E-state index is 13.1. The van der Waals surface area contributed by atoms with Gasteiger partial charge in [-0.25, -0.2) is 0 Å². The highest BCUT2D eigenvalue weighted by Crippen LogP contribution is 2.29. The van der Waals surface area contributed by atoms with E-state index in [9.17, 15) is 4.79 Å². The number of benzene rings is 1. The Bertz CT molecular complexity index is 568. The van der Waals surface area contributed by atoms with E-state index in [-0.39, 0.29) is 5.91 Å². The van der Waals surface area contributed by atoms with Gasteiger partial charge in [0.15, 0.2) is 11.5 Å². The Morgan fingerprint density at radius 3 is 2.62 bits per heavy atom. The average Bonchev–Trinajstić information content (AvgIpc) is 2.66. The highest BCUT2D eigenvalue weighted by molar-refractivity contribution is 5.95. The first kappa shape index (κ1) is 20.6. The molecule has 0 saturated carbocycles. The van der Waals surface area contributed by atoms with Crippen molar-refractivity contribution in [3.63, 3.8) is 0 Å². The van der Waals surface area contributed by atoms with Crippen molar-refractivity contribution < 1.29 is 14.3 Å². The van der Waals surface area contributed by atoms with E-state index in [4.69, 9.17) is 9.47 Å². The van der Waals surface area contributed by atoms with Crippen molar-refractivity contribution in [1.29, 1.82) is 0 Å². The zero-order valence-electron chi connectivity index (χ0n) is 16.7. The quantitative estimate of drug-likeness (QED) is 0.727. The lowest BCUT2D eigenvalue weighted by atomic mass is 10.0. The largest absolute Gasteiger partial charge is 0.493 e. The number of rotatable bonds is 9. The van der Waals surface area contributed by atoms with Gasteiger partial charge >= 0.3 is 0 Å². The van der Waals surface area contributed by atoms with E-state index >= 15 is 0 Å². The molecule has 0 aliphatic carbocycles. The second-order valence-electron chi connectivity index (χ2n) is 7.38. The lowest BCUT2D eigenvalue weighted by Gasteiger charge is -2.34. The molecule has 0 radical (unpaired) electrons. The topological polar surface area (TPSA) is 50.8 Å². The standard InChI is InChI=1S/C21H34N2O3/c1-5-13-23(18-8-11-22-12-9-18)21(24)17-6-7-19(20(15-17)25-4)26-14-10-16(2)3/h6-7,15-16,18,22H,5,8-14H2,1-4H3. The van der Waals surface area contributed by atoms with E-state index in [1.807, 2.05) is 23.1 Å². The van der Waals surface area contributed by atoms with Gasteiger partial charge in [0.25, 0.3) is 5.91 Å². The van der Waals surface area contributed by atoms with Crippen molar-refractivity contribution in [3.05, 3.63) is 23.8 Å². The molecule has 0 atom stereocenters. The number of nitrogens with one attached hydrogen (secondary N) is 1. The molecule has 1 saturated heterocycles. The Morgan fingerprint density at radius 2 is 2.00 bits per heavy atom. The van der Waals surface area contributed by atoms with E-state index < -0.39 is 0 Å². The monoisotopic (exact) mass is 362 g/mol. The molecular formula is C21H34N2O3. The number of nitrogens with zero attached hydrogens (tertiary/aromatic N) is 1. The molecule has 26 heavy (non-hydrogen) atoms. The fourth-order valence-corrected chi connectivity index (χ4v) is 3.30. The Hall–Kier alpha value is -1.75. The molecular weight excluding hydrogens is 328 g/mol. The van der Waals surface area contributed by atoms with Crippen LogP contribution in [0.2, 0.25) is 0 Å². The Kier molecular flexibility index (Phi) is 8.23. The number of hydrogen-bond donors (Lipinski definition) is 1. The summed E-state index contributed by atoms with van der Waals surface area (Å²) in [5, 5.41) is 3.37. The summed E-state index contributed by atoms with van der Waals surface area (Å²) in [4.78, 5) is 15.2. The molecule has 146 valence electrons. The normalized spacial score (nSPS) is 15.1. The highest BCUT2D eigenvalue weighted by Gasteiger charge is 2.26. The van der Waals surface area contributed by atoms with Crippen LogP contribution in [0.3, 0.4) is 0 Å². The van der Waals surface area contributed by atoms with E-state index in [0.29, 0.717) is 35.6 Å². The first-order chi connectivity index (χ1) is 12.6. The average molecular weight is 363 g/mol. The zero-order valence-corrected chi connectivity index (χ0v) is 16.7. The lowest BCUT2D eigenvalue weighted by Crippen LogP contribution is -2.46. The first-order valence-corrected chi connectivity index (χ1v) is 9.89. The van der Waals surface area contributed by atoms with Gasteiger partial charge < -0.3 is 19.7 Å². The van der Waals surface area contributed by atoms with Crippen LogP contribution < -0.4 is 14.8 Å². The number of methoxy groups -OCH3 is 1. The van der Waals surface area contributed by atoms with Gasteiger partial charge in [-0.3, -0.25) is 4.79 Å². The summed E-state index contributed by atoms with van der Waals surface area (Å²) in [5.74, 6) is 2.01. The molecule has 0 unspecified atom stereocenters. The number of piperidine rings is 1. The van der Waals surface area contributed by atoms with Crippen LogP contribution in [-0.4, -0.2) is 50.2 Å². The van der Waals surface area contributed by atoms with Crippen molar-refractivity contribution in [2.75, 3.05) is 33.4 Å². The SMILES string of the molecule is CCCN(C(=O)c1ccc(OCCC(C)C)c(OC)c1)C1CCNCC1. The number of ether oxygens (including phenoxy) is 2. The summed E-state index contributed by atoms with van der Waals surface area (Å²) in [6, 6.07) is 5.85. The van der Waals surface area contributed by atoms with Gasteiger partial charge in [0.2, 0.25) is 0 Å². The third-order valence-electron chi connectivity index (χ3n) is 4.84. The number of amides is 1. The summed E-state index contributed by atoms with van der Waals surface area (Å²) in [7, 11) is 1.62. The first-order valence-electron chi connectivity index (χ1n) is 9.89. The van der Waals surface area contributed by atoms with Crippen molar-refractivity contribution in [3.8, 4) is 11.5 Å². The predicted octanol–water partition coefficient (Wildman–Crippen LogP) is 3.72.